The molecule has 0 saturated carbocycles. The van der Waals surface area contributed by atoms with Crippen LogP contribution in [0.3, 0.4) is 0 Å². The molecule has 0 aromatic heterocycles. The zero-order valence-corrected chi connectivity index (χ0v) is 69.1. The van der Waals surface area contributed by atoms with Gasteiger partial charge in [-0.25, -0.2) is 0 Å². The SMILES string of the molecule is c1ccc2c(c1)-c1ccccc1C21c2ccccc2-c2ccc(N(c3ccc4c(c3)C3(c5ccccc5-c5ccccc53)c3ccccc3-4)c3ccc4c(c3)C3(c5ccccc5-c5ccccc53)c3cc(N(c5ccc6c(c5)C5(c7ccccc7-c7ccccc75)c5ccccc5-6)c5ccc6c(c5)C5(c7ccccc7-c7ccccc75)c5ccccc5-6)ccc3-4)cc21. The fraction of sp³-hybridized carbons (Fsp3) is 0.0400. The first-order valence-corrected chi connectivity index (χ1v) is 44.9. The maximum absolute atomic E-state index is 2.64. The van der Waals surface area contributed by atoms with E-state index in [0.29, 0.717) is 0 Å². The van der Waals surface area contributed by atoms with Gasteiger partial charge in [-0.05, 0) is 295 Å². The first kappa shape index (κ1) is 68.5. The monoisotopic (exact) mass is 1600 g/mol. The molecule has 584 valence electrons. The van der Waals surface area contributed by atoms with Crippen molar-refractivity contribution in [3.8, 4) is 111 Å². The van der Waals surface area contributed by atoms with Gasteiger partial charge < -0.3 is 9.80 Å². The van der Waals surface area contributed by atoms with E-state index in [1.54, 1.807) is 0 Å². The normalized spacial score (nSPS) is 15.2. The third-order valence-corrected chi connectivity index (χ3v) is 31.5. The first-order valence-electron chi connectivity index (χ1n) is 44.9. The van der Waals surface area contributed by atoms with E-state index in [1.807, 2.05) is 0 Å². The second-order valence-electron chi connectivity index (χ2n) is 36.4. The van der Waals surface area contributed by atoms with Crippen LogP contribution in [0.4, 0.5) is 34.1 Å². The molecule has 0 unspecified atom stereocenters. The van der Waals surface area contributed by atoms with Gasteiger partial charge in [0.05, 0.1) is 27.1 Å². The Kier molecular flexibility index (Phi) is 13.1. The Bertz CT molecular complexity index is 7280. The largest absolute Gasteiger partial charge is 0.310 e. The van der Waals surface area contributed by atoms with Gasteiger partial charge in [0.25, 0.3) is 0 Å². The van der Waals surface area contributed by atoms with Crippen LogP contribution in [-0.2, 0) is 27.1 Å². The molecule has 0 radical (unpaired) electrons. The predicted molar refractivity (Wildman–Crippen MR) is 517 cm³/mol. The fourth-order valence-corrected chi connectivity index (χ4v) is 27.2. The van der Waals surface area contributed by atoms with Gasteiger partial charge in [0.15, 0.2) is 0 Å². The van der Waals surface area contributed by atoms with Crippen molar-refractivity contribution in [2.45, 2.75) is 27.1 Å². The third kappa shape index (κ3) is 8.02. The summed E-state index contributed by atoms with van der Waals surface area (Å²) in [5.74, 6) is 0. The summed E-state index contributed by atoms with van der Waals surface area (Å²) in [5, 5.41) is 0. The van der Waals surface area contributed by atoms with Crippen molar-refractivity contribution in [1.29, 1.82) is 0 Å². The van der Waals surface area contributed by atoms with Gasteiger partial charge in [0.2, 0.25) is 0 Å². The van der Waals surface area contributed by atoms with E-state index >= 15 is 0 Å². The van der Waals surface area contributed by atoms with Crippen LogP contribution < -0.4 is 9.80 Å². The third-order valence-electron chi connectivity index (χ3n) is 31.5. The molecule has 0 atom stereocenters. The number of fused-ring (bicyclic) bond motifs is 50. The smallest absolute Gasteiger partial charge is 0.0727 e. The zero-order chi connectivity index (χ0) is 82.5. The second-order valence-corrected chi connectivity index (χ2v) is 36.4. The molecule has 0 amide bonds. The Morgan fingerprint density at radius 1 is 0.0945 bits per heavy atom. The molecule has 30 rings (SSSR count). The van der Waals surface area contributed by atoms with Crippen molar-refractivity contribution in [2.75, 3.05) is 9.80 Å². The van der Waals surface area contributed by atoms with Crippen molar-refractivity contribution in [1.82, 2.24) is 0 Å². The molecule has 2 heteroatoms. The molecular weight excluding hydrogens is 1530 g/mol. The molecule has 10 aliphatic carbocycles. The molecule has 20 aromatic carbocycles. The minimum absolute atomic E-state index is 0.590. The molecule has 10 aliphatic rings. The van der Waals surface area contributed by atoms with Crippen molar-refractivity contribution in [3.05, 3.63) is 560 Å². The Hall–Kier alpha value is -16.0. The number of hydrogen-bond acceptors (Lipinski definition) is 2. The molecule has 2 nitrogen and oxygen atoms in total. The molecule has 127 heavy (non-hydrogen) atoms. The number of hydrogen-bond donors (Lipinski definition) is 0. The highest BCUT2D eigenvalue weighted by molar-refractivity contribution is 6.05. The number of anilines is 6. The van der Waals surface area contributed by atoms with Gasteiger partial charge in [0.1, 0.15) is 0 Å². The molecule has 0 bridgehead atoms. The lowest BCUT2D eigenvalue weighted by molar-refractivity contribution is 0.790. The minimum atomic E-state index is -0.815. The number of nitrogens with zero attached hydrogens (tertiary/aromatic N) is 2. The van der Waals surface area contributed by atoms with Crippen LogP contribution in [0.2, 0.25) is 0 Å². The molecule has 0 aliphatic heterocycles. The Labute approximate surface area is 737 Å². The van der Waals surface area contributed by atoms with E-state index in [-0.39, 0.29) is 0 Å². The van der Waals surface area contributed by atoms with E-state index < -0.39 is 27.1 Å². The van der Waals surface area contributed by atoms with Crippen LogP contribution in [-0.4, -0.2) is 0 Å². The van der Waals surface area contributed by atoms with Crippen molar-refractivity contribution < 1.29 is 0 Å². The Morgan fingerprint density at radius 3 is 0.307 bits per heavy atom. The van der Waals surface area contributed by atoms with E-state index in [0.717, 1.165) is 34.1 Å². The average molecular weight is 1600 g/mol. The standard InChI is InChI=1S/C125H74N2/c1-15-43-101-81(29-1)82-30-2-16-44-102(82)121(101)109-51-23-11-39-91(109)95-63-57-75(69-115(95)121)126(76-58-64-96-92-40-12-24-52-110(92)122(116(96)70-76)103-45-17-3-31-83(103)84-32-4-18-46-104(84)122)79-61-67-99-100-68-62-80(74-120(100)125(119(99)73-79)113-55-27-9-37-89(113)90-38-10-28-56-114(90)125)127(77-59-65-97-93-41-13-25-53-111(93)123(117(97)71-77)105-47-19-5-33-85(105)86-34-6-20-48-106(86)123)78-60-66-98-94-42-14-26-54-112(94)124(118(98)72-78)107-49-21-7-35-87(107)88-36-8-22-50-108(88)124/h1-74H. The summed E-state index contributed by atoms with van der Waals surface area (Å²) in [5.41, 5.74) is 54.9. The topological polar surface area (TPSA) is 6.48 Å². The summed E-state index contributed by atoms with van der Waals surface area (Å²) in [4.78, 5) is 5.29. The van der Waals surface area contributed by atoms with Gasteiger partial charge in [-0.1, -0.05) is 376 Å². The molecule has 0 heterocycles. The molecule has 0 N–H and O–H groups in total. The van der Waals surface area contributed by atoms with E-state index in [1.165, 1.54) is 223 Å². The van der Waals surface area contributed by atoms with Crippen LogP contribution in [0.1, 0.15) is 111 Å². The summed E-state index contributed by atoms with van der Waals surface area (Å²) in [6.07, 6.45) is 0. The van der Waals surface area contributed by atoms with E-state index in [4.69, 9.17) is 0 Å². The lowest BCUT2D eigenvalue weighted by atomic mass is 9.70. The summed E-state index contributed by atoms with van der Waals surface area (Å²) < 4.78 is 0. The number of benzene rings is 20. The highest BCUT2D eigenvalue weighted by Gasteiger charge is 2.59. The first-order chi connectivity index (χ1) is 63.0. The molecule has 0 fully saturated rings. The van der Waals surface area contributed by atoms with Crippen LogP contribution in [0.15, 0.2) is 449 Å². The van der Waals surface area contributed by atoms with Crippen molar-refractivity contribution in [2.24, 2.45) is 0 Å². The van der Waals surface area contributed by atoms with Gasteiger partial charge in [-0.15, -0.1) is 0 Å². The van der Waals surface area contributed by atoms with Gasteiger partial charge in [0, 0.05) is 34.1 Å². The quantitative estimate of drug-likeness (QED) is 0.164. The van der Waals surface area contributed by atoms with Crippen LogP contribution in [0.5, 0.6) is 0 Å². The van der Waals surface area contributed by atoms with E-state index in [2.05, 4.69) is 459 Å². The second kappa shape index (κ2) is 24.3. The van der Waals surface area contributed by atoms with E-state index in [9.17, 15) is 0 Å². The Balaban J connectivity index is 0.676. The molecule has 0 saturated heterocycles. The van der Waals surface area contributed by atoms with Gasteiger partial charge >= 0.3 is 0 Å². The van der Waals surface area contributed by atoms with Crippen molar-refractivity contribution >= 4 is 34.1 Å². The highest BCUT2D eigenvalue weighted by Crippen LogP contribution is 2.71. The summed E-state index contributed by atoms with van der Waals surface area (Å²) in [6.45, 7) is 0. The van der Waals surface area contributed by atoms with Gasteiger partial charge in [-0.2, -0.15) is 0 Å². The zero-order valence-electron chi connectivity index (χ0n) is 69.1. The summed E-state index contributed by atoms with van der Waals surface area (Å²) in [6, 6.07) is 175. The van der Waals surface area contributed by atoms with Crippen LogP contribution in [0.25, 0.3) is 111 Å². The maximum Gasteiger partial charge on any atom is 0.0727 e. The fourth-order valence-electron chi connectivity index (χ4n) is 27.2. The number of rotatable bonds is 6. The summed E-state index contributed by atoms with van der Waals surface area (Å²) >= 11 is 0. The lowest BCUT2D eigenvalue weighted by Crippen LogP contribution is -2.27. The molecule has 5 spiro atoms. The van der Waals surface area contributed by atoms with Crippen molar-refractivity contribution in [3.63, 3.8) is 0 Å². The summed E-state index contributed by atoms with van der Waals surface area (Å²) in [7, 11) is 0. The molecule has 20 aromatic rings. The molecular formula is C125H74N2. The predicted octanol–water partition coefficient (Wildman–Crippen LogP) is 30.3. The Morgan fingerprint density at radius 2 is 0.189 bits per heavy atom. The van der Waals surface area contributed by atoms with Gasteiger partial charge in [-0.3, -0.25) is 0 Å². The lowest BCUT2D eigenvalue weighted by Gasteiger charge is -2.35. The highest BCUT2D eigenvalue weighted by atomic mass is 15.2. The average Bonchev–Trinajstić information content (AvgIpc) is 1.54. The maximum atomic E-state index is 2.64. The minimum Gasteiger partial charge on any atom is -0.310 e. The van der Waals surface area contributed by atoms with Crippen LogP contribution >= 0.6 is 0 Å². The van der Waals surface area contributed by atoms with Crippen LogP contribution in [0, 0.1) is 0 Å².